The lowest BCUT2D eigenvalue weighted by molar-refractivity contribution is 0.414. The Bertz CT molecular complexity index is 589. The minimum Gasteiger partial charge on any atom is -0.497 e. The highest BCUT2D eigenvalue weighted by Gasteiger charge is 2.30. The molecule has 0 saturated heterocycles. The molecule has 0 saturated carbocycles. The molecule has 0 aromatic heterocycles. The average molecular weight is 317 g/mol. The molecule has 19 heavy (non-hydrogen) atoms. The van der Waals surface area contributed by atoms with Crippen molar-refractivity contribution < 1.29 is 4.74 Å². The van der Waals surface area contributed by atoms with Gasteiger partial charge in [-0.1, -0.05) is 41.1 Å². The zero-order chi connectivity index (χ0) is 13.4. The summed E-state index contributed by atoms with van der Waals surface area (Å²) >= 11 is 3.50. The van der Waals surface area contributed by atoms with E-state index >= 15 is 0 Å². The maximum absolute atomic E-state index is 5.37. The summed E-state index contributed by atoms with van der Waals surface area (Å²) in [5.74, 6) is 2.08. The van der Waals surface area contributed by atoms with Crippen molar-refractivity contribution in [3.8, 4) is 5.75 Å². The lowest BCUT2D eigenvalue weighted by atomic mass is 9.87. The number of halogens is 1. The predicted molar refractivity (Wildman–Crippen MR) is 81.8 cm³/mol. The topological polar surface area (TPSA) is 9.23 Å². The second-order valence-electron chi connectivity index (χ2n) is 5.28. The fraction of sp³-hybridized carbons (Fsp3) is 0.294. The minimum atomic E-state index is 0.484. The smallest absolute Gasteiger partial charge is 0.119 e. The van der Waals surface area contributed by atoms with E-state index < -0.39 is 0 Å². The van der Waals surface area contributed by atoms with Crippen LogP contribution >= 0.6 is 15.9 Å². The normalized spacial score (nSPS) is 21.2. The van der Waals surface area contributed by atoms with Crippen LogP contribution in [0.3, 0.4) is 0 Å². The number of benzene rings is 2. The average Bonchev–Trinajstić information content (AvgIpc) is 2.75. The number of hydrogen-bond donors (Lipinski definition) is 0. The molecule has 2 aromatic carbocycles. The van der Waals surface area contributed by atoms with Gasteiger partial charge < -0.3 is 4.74 Å². The second kappa shape index (κ2) is 5.01. The number of hydrogen-bond acceptors (Lipinski definition) is 1. The molecule has 0 radical (unpaired) electrons. The molecule has 0 amide bonds. The van der Waals surface area contributed by atoms with Crippen LogP contribution in [0, 0.1) is 5.92 Å². The molecular formula is C17H17BrO. The van der Waals surface area contributed by atoms with Crippen molar-refractivity contribution in [1.82, 2.24) is 0 Å². The Balaban J connectivity index is 2.06. The summed E-state index contributed by atoms with van der Waals surface area (Å²) in [6.07, 6.45) is 1.15. The molecule has 0 fully saturated rings. The molecule has 2 heteroatoms. The van der Waals surface area contributed by atoms with Crippen LogP contribution in [0.2, 0.25) is 0 Å². The third-order valence-corrected chi connectivity index (χ3v) is 4.56. The molecule has 0 heterocycles. The van der Waals surface area contributed by atoms with Crippen molar-refractivity contribution in [3.63, 3.8) is 0 Å². The number of rotatable bonds is 2. The van der Waals surface area contributed by atoms with E-state index in [-0.39, 0.29) is 0 Å². The van der Waals surface area contributed by atoms with Crippen LogP contribution < -0.4 is 4.74 Å². The summed E-state index contributed by atoms with van der Waals surface area (Å²) < 4.78 is 6.50. The third kappa shape index (κ3) is 2.30. The third-order valence-electron chi connectivity index (χ3n) is 4.03. The van der Waals surface area contributed by atoms with Crippen LogP contribution in [0.25, 0.3) is 0 Å². The molecule has 0 spiro atoms. The van der Waals surface area contributed by atoms with Crippen molar-refractivity contribution in [2.75, 3.05) is 7.11 Å². The van der Waals surface area contributed by atoms with Crippen molar-refractivity contribution in [3.05, 3.63) is 63.6 Å². The fourth-order valence-electron chi connectivity index (χ4n) is 3.12. The molecule has 1 nitrogen and oxygen atoms in total. The summed E-state index contributed by atoms with van der Waals surface area (Å²) in [4.78, 5) is 0. The summed E-state index contributed by atoms with van der Waals surface area (Å²) in [6, 6.07) is 15.2. The Kier molecular flexibility index (Phi) is 3.36. The first-order valence-electron chi connectivity index (χ1n) is 6.61. The van der Waals surface area contributed by atoms with Gasteiger partial charge in [-0.25, -0.2) is 0 Å². The largest absolute Gasteiger partial charge is 0.497 e. The maximum Gasteiger partial charge on any atom is 0.119 e. The zero-order valence-electron chi connectivity index (χ0n) is 11.2. The Labute approximate surface area is 122 Å². The first-order chi connectivity index (χ1) is 9.19. The van der Waals surface area contributed by atoms with Crippen LogP contribution in [-0.2, 0) is 6.42 Å². The predicted octanol–water partition coefficient (Wildman–Crippen LogP) is 4.78. The van der Waals surface area contributed by atoms with Gasteiger partial charge in [0.25, 0.3) is 0 Å². The molecule has 98 valence electrons. The Morgan fingerprint density at radius 3 is 2.53 bits per heavy atom. The zero-order valence-corrected chi connectivity index (χ0v) is 12.8. The van der Waals surface area contributed by atoms with Crippen LogP contribution in [-0.4, -0.2) is 7.11 Å². The van der Waals surface area contributed by atoms with Gasteiger partial charge in [0.15, 0.2) is 0 Å². The van der Waals surface area contributed by atoms with Crippen LogP contribution in [0.5, 0.6) is 5.75 Å². The first-order valence-corrected chi connectivity index (χ1v) is 7.40. The van der Waals surface area contributed by atoms with Gasteiger partial charge in [-0.15, -0.1) is 0 Å². The van der Waals surface area contributed by atoms with Crippen LogP contribution in [0.4, 0.5) is 0 Å². The molecule has 2 atom stereocenters. The fourth-order valence-corrected chi connectivity index (χ4v) is 3.39. The summed E-state index contributed by atoms with van der Waals surface area (Å²) in [7, 11) is 1.73. The SMILES string of the molecule is COc1ccc2c(c1)[C@H](c1ccc(Br)cc1)[C@@H](C)C2. The molecule has 0 aliphatic heterocycles. The molecule has 3 rings (SSSR count). The van der Waals surface area contributed by atoms with Crippen molar-refractivity contribution >= 4 is 15.9 Å². The quantitative estimate of drug-likeness (QED) is 0.774. The highest BCUT2D eigenvalue weighted by molar-refractivity contribution is 9.10. The molecule has 0 bridgehead atoms. The molecule has 1 aliphatic rings. The minimum absolute atomic E-state index is 0.484. The van der Waals surface area contributed by atoms with Crippen LogP contribution in [0.15, 0.2) is 46.9 Å². The molecule has 1 aliphatic carbocycles. The molecule has 0 unspecified atom stereocenters. The first kappa shape index (κ1) is 12.7. The van der Waals surface area contributed by atoms with Gasteiger partial charge >= 0.3 is 0 Å². The lowest BCUT2D eigenvalue weighted by Gasteiger charge is -2.18. The van der Waals surface area contributed by atoms with E-state index in [2.05, 4.69) is 65.3 Å². The lowest BCUT2D eigenvalue weighted by Crippen LogP contribution is -2.05. The van der Waals surface area contributed by atoms with Gasteiger partial charge in [0.1, 0.15) is 5.75 Å². The van der Waals surface area contributed by atoms with Gasteiger partial charge in [-0.05, 0) is 53.3 Å². The maximum atomic E-state index is 5.37. The second-order valence-corrected chi connectivity index (χ2v) is 6.19. The van der Waals surface area contributed by atoms with E-state index in [4.69, 9.17) is 4.74 Å². The number of fused-ring (bicyclic) bond motifs is 1. The monoisotopic (exact) mass is 316 g/mol. The standard InChI is InChI=1S/C17H17BrO/c1-11-9-13-5-8-15(19-2)10-16(13)17(11)12-3-6-14(18)7-4-12/h3-8,10-11,17H,9H2,1-2H3/t11-,17-/m0/s1. The van der Waals surface area contributed by atoms with E-state index in [1.54, 1.807) is 7.11 Å². The number of ether oxygens (including phenoxy) is 1. The van der Waals surface area contributed by atoms with E-state index in [0.29, 0.717) is 11.8 Å². The highest BCUT2D eigenvalue weighted by Crippen LogP contribution is 2.43. The summed E-state index contributed by atoms with van der Waals surface area (Å²) in [5.41, 5.74) is 4.28. The van der Waals surface area contributed by atoms with Gasteiger partial charge in [-0.2, -0.15) is 0 Å². The van der Waals surface area contributed by atoms with Gasteiger partial charge in [0.05, 0.1) is 7.11 Å². The highest BCUT2D eigenvalue weighted by atomic mass is 79.9. The number of methoxy groups -OCH3 is 1. The Hall–Kier alpha value is -1.28. The van der Waals surface area contributed by atoms with E-state index in [0.717, 1.165) is 16.6 Å². The molecule has 2 aromatic rings. The summed E-state index contributed by atoms with van der Waals surface area (Å²) in [6.45, 7) is 2.33. The van der Waals surface area contributed by atoms with Gasteiger partial charge in [-0.3, -0.25) is 0 Å². The van der Waals surface area contributed by atoms with Crippen molar-refractivity contribution in [1.29, 1.82) is 0 Å². The van der Waals surface area contributed by atoms with Gasteiger partial charge in [0.2, 0.25) is 0 Å². The van der Waals surface area contributed by atoms with Crippen LogP contribution in [0.1, 0.15) is 29.5 Å². The molecule has 0 N–H and O–H groups in total. The van der Waals surface area contributed by atoms with Crippen molar-refractivity contribution in [2.24, 2.45) is 5.92 Å². The van der Waals surface area contributed by atoms with Crippen molar-refractivity contribution in [2.45, 2.75) is 19.3 Å². The van der Waals surface area contributed by atoms with E-state index in [1.807, 2.05) is 0 Å². The van der Waals surface area contributed by atoms with E-state index in [1.165, 1.54) is 16.7 Å². The Morgan fingerprint density at radius 2 is 1.84 bits per heavy atom. The van der Waals surface area contributed by atoms with Gasteiger partial charge in [0, 0.05) is 10.4 Å². The molecular weight excluding hydrogens is 300 g/mol. The summed E-state index contributed by atoms with van der Waals surface area (Å²) in [5, 5.41) is 0. The van der Waals surface area contributed by atoms with E-state index in [9.17, 15) is 0 Å². The Morgan fingerprint density at radius 1 is 1.11 bits per heavy atom.